The topological polar surface area (TPSA) is 28.4 Å². The maximum atomic E-state index is 9.72. The van der Waals surface area contributed by atoms with E-state index < -0.39 is 0 Å². The third kappa shape index (κ3) is 2.47. The summed E-state index contributed by atoms with van der Waals surface area (Å²) in [5.41, 5.74) is 2.57. The Hall–Kier alpha value is -1.48. The Kier molecular flexibility index (Phi) is 3.47. The van der Waals surface area contributed by atoms with Gasteiger partial charge in [-0.15, -0.1) is 0 Å². The maximum absolute atomic E-state index is 9.72. The molecule has 1 aliphatic rings. The van der Waals surface area contributed by atoms with Gasteiger partial charge < -0.3 is 9.67 Å². The van der Waals surface area contributed by atoms with Crippen molar-refractivity contribution in [2.45, 2.75) is 39.3 Å². The van der Waals surface area contributed by atoms with Crippen LogP contribution < -0.4 is 0 Å². The van der Waals surface area contributed by atoms with Crippen LogP contribution in [0.15, 0.2) is 24.4 Å². The van der Waals surface area contributed by atoms with Crippen LogP contribution in [-0.2, 0) is 13.1 Å². The molecule has 0 saturated carbocycles. The lowest BCUT2D eigenvalue weighted by molar-refractivity contribution is 0.221. The van der Waals surface area contributed by atoms with Crippen LogP contribution in [0.1, 0.15) is 31.7 Å². The molecular formula is C16H22N2O. The summed E-state index contributed by atoms with van der Waals surface area (Å²) in [5, 5.41) is 10.9. The molecule has 0 radical (unpaired) electrons. The molecule has 2 heterocycles. The smallest absolute Gasteiger partial charge is 0.116 e. The van der Waals surface area contributed by atoms with Crippen molar-refractivity contribution < 1.29 is 5.11 Å². The van der Waals surface area contributed by atoms with Crippen molar-refractivity contribution in [3.05, 3.63) is 30.0 Å². The highest BCUT2D eigenvalue weighted by molar-refractivity contribution is 5.85. The first-order valence-electron chi connectivity index (χ1n) is 7.31. The second-order valence-electron chi connectivity index (χ2n) is 5.48. The average Bonchev–Trinajstić information content (AvgIpc) is 2.77. The molecular weight excluding hydrogens is 236 g/mol. The van der Waals surface area contributed by atoms with E-state index in [0.29, 0.717) is 5.75 Å². The summed E-state index contributed by atoms with van der Waals surface area (Å²) in [6, 6.07) is 5.70. The van der Waals surface area contributed by atoms with E-state index in [1.807, 2.05) is 12.1 Å². The molecule has 1 N–H and O–H groups in total. The number of aromatic hydroxyl groups is 1. The number of hydrogen-bond donors (Lipinski definition) is 1. The molecule has 102 valence electrons. The van der Waals surface area contributed by atoms with E-state index in [0.717, 1.165) is 13.1 Å². The minimum Gasteiger partial charge on any atom is -0.508 e. The standard InChI is InChI=1S/C16H22N2O/c1-2-18-12-13(11-17-8-4-3-5-9-17)15-10-14(19)6-7-16(15)18/h6-7,10,12,19H,2-5,8-9,11H2,1H3. The van der Waals surface area contributed by atoms with Crippen molar-refractivity contribution >= 4 is 10.9 Å². The molecule has 0 bridgehead atoms. The molecule has 0 aliphatic carbocycles. The van der Waals surface area contributed by atoms with Gasteiger partial charge in [0.05, 0.1) is 0 Å². The van der Waals surface area contributed by atoms with Crippen molar-refractivity contribution in [3.8, 4) is 5.75 Å². The van der Waals surface area contributed by atoms with Gasteiger partial charge in [0, 0.05) is 30.2 Å². The van der Waals surface area contributed by atoms with Gasteiger partial charge >= 0.3 is 0 Å². The lowest BCUT2D eigenvalue weighted by Gasteiger charge is -2.26. The first kappa shape index (κ1) is 12.5. The molecule has 0 unspecified atom stereocenters. The minimum absolute atomic E-state index is 0.362. The highest BCUT2D eigenvalue weighted by atomic mass is 16.3. The molecule has 3 rings (SSSR count). The van der Waals surface area contributed by atoms with E-state index in [9.17, 15) is 5.11 Å². The predicted molar refractivity (Wildman–Crippen MR) is 78.4 cm³/mol. The summed E-state index contributed by atoms with van der Waals surface area (Å²) in [6.07, 6.45) is 6.25. The van der Waals surface area contributed by atoms with Gasteiger partial charge in [-0.05, 0) is 56.6 Å². The second kappa shape index (κ2) is 5.25. The molecule has 3 heteroatoms. The summed E-state index contributed by atoms with van der Waals surface area (Å²) in [6.45, 7) is 6.56. The fourth-order valence-corrected chi connectivity index (χ4v) is 3.10. The number of fused-ring (bicyclic) bond motifs is 1. The molecule has 3 nitrogen and oxygen atoms in total. The molecule has 0 amide bonds. The molecule has 0 spiro atoms. The quantitative estimate of drug-likeness (QED) is 0.914. The third-order valence-corrected chi connectivity index (χ3v) is 4.13. The predicted octanol–water partition coefficient (Wildman–Crippen LogP) is 3.35. The van der Waals surface area contributed by atoms with Crippen molar-refractivity contribution in [1.29, 1.82) is 0 Å². The van der Waals surface area contributed by atoms with E-state index >= 15 is 0 Å². The average molecular weight is 258 g/mol. The van der Waals surface area contributed by atoms with Crippen LogP contribution in [0.2, 0.25) is 0 Å². The minimum atomic E-state index is 0.362. The van der Waals surface area contributed by atoms with Crippen LogP contribution in [0.3, 0.4) is 0 Å². The van der Waals surface area contributed by atoms with Crippen molar-refractivity contribution in [3.63, 3.8) is 0 Å². The van der Waals surface area contributed by atoms with Gasteiger partial charge in [0.2, 0.25) is 0 Å². The summed E-state index contributed by atoms with van der Waals surface area (Å²) < 4.78 is 2.27. The number of phenols is 1. The number of benzene rings is 1. The molecule has 1 aliphatic heterocycles. The van der Waals surface area contributed by atoms with Crippen LogP contribution in [-0.4, -0.2) is 27.7 Å². The first-order chi connectivity index (χ1) is 9.28. The van der Waals surface area contributed by atoms with Gasteiger partial charge in [0.1, 0.15) is 5.75 Å². The van der Waals surface area contributed by atoms with Crippen LogP contribution >= 0.6 is 0 Å². The normalized spacial score (nSPS) is 17.1. The Morgan fingerprint density at radius 2 is 1.95 bits per heavy atom. The largest absolute Gasteiger partial charge is 0.508 e. The SMILES string of the molecule is CCn1cc(CN2CCCCC2)c2cc(O)ccc21. The number of aryl methyl sites for hydroxylation is 1. The van der Waals surface area contributed by atoms with E-state index in [2.05, 4.69) is 22.6 Å². The monoisotopic (exact) mass is 258 g/mol. The number of nitrogens with zero attached hydrogens (tertiary/aromatic N) is 2. The number of hydrogen-bond acceptors (Lipinski definition) is 2. The summed E-state index contributed by atoms with van der Waals surface area (Å²) >= 11 is 0. The molecule has 1 saturated heterocycles. The lowest BCUT2D eigenvalue weighted by Crippen LogP contribution is -2.28. The third-order valence-electron chi connectivity index (χ3n) is 4.13. The molecule has 19 heavy (non-hydrogen) atoms. The molecule has 0 atom stereocenters. The zero-order chi connectivity index (χ0) is 13.2. The summed E-state index contributed by atoms with van der Waals surface area (Å²) in [5.74, 6) is 0.362. The molecule has 1 aromatic carbocycles. The van der Waals surface area contributed by atoms with E-state index in [-0.39, 0.29) is 0 Å². The van der Waals surface area contributed by atoms with Gasteiger partial charge in [-0.3, -0.25) is 4.90 Å². The summed E-state index contributed by atoms with van der Waals surface area (Å²) in [4.78, 5) is 2.53. The maximum Gasteiger partial charge on any atom is 0.116 e. The highest BCUT2D eigenvalue weighted by Gasteiger charge is 2.14. The number of rotatable bonds is 3. The zero-order valence-electron chi connectivity index (χ0n) is 11.6. The fourth-order valence-electron chi connectivity index (χ4n) is 3.10. The number of likely N-dealkylation sites (tertiary alicyclic amines) is 1. The Morgan fingerprint density at radius 1 is 1.16 bits per heavy atom. The molecule has 1 aromatic heterocycles. The number of phenolic OH excluding ortho intramolecular Hbond substituents is 1. The van der Waals surface area contributed by atoms with Crippen molar-refractivity contribution in [2.24, 2.45) is 0 Å². The fraction of sp³-hybridized carbons (Fsp3) is 0.500. The lowest BCUT2D eigenvalue weighted by atomic mass is 10.1. The van der Waals surface area contributed by atoms with E-state index in [1.54, 1.807) is 6.07 Å². The van der Waals surface area contributed by atoms with Crippen molar-refractivity contribution in [2.75, 3.05) is 13.1 Å². The molecule has 2 aromatic rings. The van der Waals surface area contributed by atoms with Gasteiger partial charge in [-0.25, -0.2) is 0 Å². The first-order valence-corrected chi connectivity index (χ1v) is 7.31. The summed E-state index contributed by atoms with van der Waals surface area (Å²) in [7, 11) is 0. The Labute approximate surface area is 114 Å². The Morgan fingerprint density at radius 3 is 2.68 bits per heavy atom. The van der Waals surface area contributed by atoms with Gasteiger partial charge in [0.25, 0.3) is 0 Å². The van der Waals surface area contributed by atoms with Gasteiger partial charge in [-0.2, -0.15) is 0 Å². The van der Waals surface area contributed by atoms with Crippen LogP contribution in [0.4, 0.5) is 0 Å². The Bertz CT molecular complexity index is 567. The van der Waals surface area contributed by atoms with Crippen LogP contribution in [0.25, 0.3) is 10.9 Å². The van der Waals surface area contributed by atoms with Crippen LogP contribution in [0.5, 0.6) is 5.75 Å². The highest BCUT2D eigenvalue weighted by Crippen LogP contribution is 2.27. The van der Waals surface area contributed by atoms with Gasteiger partial charge in [0.15, 0.2) is 0 Å². The second-order valence-corrected chi connectivity index (χ2v) is 5.48. The number of aromatic nitrogens is 1. The molecule has 1 fully saturated rings. The zero-order valence-corrected chi connectivity index (χ0v) is 11.6. The van der Waals surface area contributed by atoms with E-state index in [4.69, 9.17) is 0 Å². The number of piperidine rings is 1. The van der Waals surface area contributed by atoms with E-state index in [1.165, 1.54) is 48.8 Å². The Balaban J connectivity index is 1.95. The van der Waals surface area contributed by atoms with Gasteiger partial charge in [-0.1, -0.05) is 6.42 Å². The van der Waals surface area contributed by atoms with Crippen LogP contribution in [0, 0.1) is 0 Å². The van der Waals surface area contributed by atoms with Crippen molar-refractivity contribution in [1.82, 2.24) is 9.47 Å².